The number of benzene rings is 1. The number of carbonyl (C=O) groups excluding carboxylic acids is 1. The standard InChI is InChI=1S/C18H23N3O3S2/c1-23-17(22)16-12-13-11-14(3-4-15(13)26-16)20-18(25)19-5-2-6-21-7-9-24-10-8-21/h3-4,11-12H,2,5-10H2,1H3,(H2,19,20,25). The summed E-state index contributed by atoms with van der Waals surface area (Å²) in [7, 11) is 1.39. The lowest BCUT2D eigenvalue weighted by atomic mass is 10.2. The van der Waals surface area contributed by atoms with Gasteiger partial charge in [0.05, 0.1) is 20.3 Å². The number of anilines is 1. The van der Waals surface area contributed by atoms with Crippen LogP contribution in [0, 0.1) is 0 Å². The number of hydrogen-bond acceptors (Lipinski definition) is 6. The zero-order valence-corrected chi connectivity index (χ0v) is 16.4. The molecule has 0 spiro atoms. The molecule has 0 amide bonds. The molecule has 1 aliphatic heterocycles. The first-order valence-electron chi connectivity index (χ1n) is 8.62. The average Bonchev–Trinajstić information content (AvgIpc) is 3.09. The van der Waals surface area contributed by atoms with Crippen LogP contribution in [-0.2, 0) is 9.47 Å². The number of rotatable bonds is 6. The van der Waals surface area contributed by atoms with Gasteiger partial charge in [-0.05, 0) is 54.8 Å². The summed E-state index contributed by atoms with van der Waals surface area (Å²) in [6, 6.07) is 7.77. The number of thiocarbonyl (C=S) groups is 1. The van der Waals surface area contributed by atoms with Crippen molar-refractivity contribution in [2.45, 2.75) is 6.42 Å². The minimum atomic E-state index is -0.307. The van der Waals surface area contributed by atoms with Crippen molar-refractivity contribution in [1.82, 2.24) is 10.2 Å². The first kappa shape index (κ1) is 19.0. The Kier molecular flexibility index (Phi) is 6.79. The average molecular weight is 394 g/mol. The Balaban J connectivity index is 1.46. The molecule has 140 valence electrons. The summed E-state index contributed by atoms with van der Waals surface area (Å²) in [5.41, 5.74) is 0.900. The van der Waals surface area contributed by atoms with Crippen molar-refractivity contribution < 1.29 is 14.3 Å². The highest BCUT2D eigenvalue weighted by Crippen LogP contribution is 2.28. The molecule has 2 heterocycles. The third-order valence-electron chi connectivity index (χ3n) is 4.20. The maximum absolute atomic E-state index is 11.6. The van der Waals surface area contributed by atoms with Gasteiger partial charge in [-0.25, -0.2) is 4.79 Å². The molecule has 0 atom stereocenters. The van der Waals surface area contributed by atoms with Gasteiger partial charge in [-0.15, -0.1) is 11.3 Å². The maximum atomic E-state index is 11.6. The van der Waals surface area contributed by atoms with Crippen LogP contribution in [0.3, 0.4) is 0 Å². The number of nitrogens with zero attached hydrogens (tertiary/aromatic N) is 1. The van der Waals surface area contributed by atoms with Crippen LogP contribution >= 0.6 is 23.6 Å². The number of fused-ring (bicyclic) bond motifs is 1. The first-order valence-corrected chi connectivity index (χ1v) is 9.85. The second-order valence-corrected chi connectivity index (χ2v) is 7.54. The number of nitrogens with one attached hydrogen (secondary N) is 2. The Morgan fingerprint density at radius 3 is 2.92 bits per heavy atom. The Bertz CT molecular complexity index is 772. The van der Waals surface area contributed by atoms with Crippen molar-refractivity contribution in [2.24, 2.45) is 0 Å². The van der Waals surface area contributed by atoms with Crippen molar-refractivity contribution >= 4 is 50.4 Å². The minimum Gasteiger partial charge on any atom is -0.465 e. The van der Waals surface area contributed by atoms with E-state index in [-0.39, 0.29) is 5.97 Å². The van der Waals surface area contributed by atoms with Crippen LogP contribution in [0.2, 0.25) is 0 Å². The summed E-state index contributed by atoms with van der Waals surface area (Å²) in [6.07, 6.45) is 1.04. The summed E-state index contributed by atoms with van der Waals surface area (Å²) in [4.78, 5) is 14.6. The van der Waals surface area contributed by atoms with Gasteiger partial charge in [0, 0.05) is 30.0 Å². The fraction of sp³-hybridized carbons (Fsp3) is 0.444. The molecule has 1 aromatic heterocycles. The molecule has 6 nitrogen and oxygen atoms in total. The molecule has 1 fully saturated rings. The molecule has 2 aromatic rings. The molecule has 1 aromatic carbocycles. The predicted molar refractivity (Wildman–Crippen MR) is 109 cm³/mol. The van der Waals surface area contributed by atoms with Crippen LogP contribution in [0.1, 0.15) is 16.1 Å². The predicted octanol–water partition coefficient (Wildman–Crippen LogP) is 2.70. The van der Waals surface area contributed by atoms with Crippen LogP contribution in [0.15, 0.2) is 24.3 Å². The number of ether oxygens (including phenoxy) is 2. The van der Waals surface area contributed by atoms with Crippen LogP contribution in [-0.4, -0.2) is 62.5 Å². The zero-order chi connectivity index (χ0) is 18.4. The molecule has 3 rings (SSSR count). The van der Waals surface area contributed by atoms with E-state index in [0.717, 1.165) is 61.6 Å². The van der Waals surface area contributed by atoms with Gasteiger partial charge in [0.15, 0.2) is 5.11 Å². The van der Waals surface area contributed by atoms with Crippen LogP contribution < -0.4 is 10.6 Å². The Hall–Kier alpha value is -1.74. The summed E-state index contributed by atoms with van der Waals surface area (Å²) >= 11 is 6.79. The lowest BCUT2D eigenvalue weighted by Gasteiger charge is -2.26. The summed E-state index contributed by atoms with van der Waals surface area (Å²) in [5, 5.41) is 8.04. The number of methoxy groups -OCH3 is 1. The quantitative estimate of drug-likeness (QED) is 0.444. The number of morpholine rings is 1. The van der Waals surface area contributed by atoms with E-state index >= 15 is 0 Å². The van der Waals surface area contributed by atoms with E-state index in [1.807, 2.05) is 24.3 Å². The first-order chi connectivity index (χ1) is 12.7. The van der Waals surface area contributed by atoms with Crippen molar-refractivity contribution in [3.8, 4) is 0 Å². The number of carbonyl (C=O) groups is 1. The van der Waals surface area contributed by atoms with Crippen molar-refractivity contribution in [2.75, 3.05) is 51.8 Å². The van der Waals surface area contributed by atoms with E-state index in [0.29, 0.717) is 9.99 Å². The normalized spacial score (nSPS) is 15.0. The van der Waals surface area contributed by atoms with E-state index in [1.165, 1.54) is 18.4 Å². The largest absolute Gasteiger partial charge is 0.465 e. The Morgan fingerprint density at radius 1 is 1.35 bits per heavy atom. The van der Waals surface area contributed by atoms with Gasteiger partial charge in [0.2, 0.25) is 0 Å². The molecule has 0 unspecified atom stereocenters. The van der Waals surface area contributed by atoms with E-state index in [2.05, 4.69) is 15.5 Å². The minimum absolute atomic E-state index is 0.307. The van der Waals surface area contributed by atoms with Crippen LogP contribution in [0.4, 0.5) is 5.69 Å². The van der Waals surface area contributed by atoms with Gasteiger partial charge >= 0.3 is 5.97 Å². The summed E-state index contributed by atoms with van der Waals surface area (Å²) < 4.78 is 11.2. The Labute approximate surface area is 162 Å². The zero-order valence-electron chi connectivity index (χ0n) is 14.7. The van der Waals surface area contributed by atoms with Gasteiger partial charge in [0.1, 0.15) is 4.88 Å². The van der Waals surface area contributed by atoms with Crippen molar-refractivity contribution in [1.29, 1.82) is 0 Å². The fourth-order valence-electron chi connectivity index (χ4n) is 2.83. The summed E-state index contributed by atoms with van der Waals surface area (Å²) in [6.45, 7) is 5.56. The number of hydrogen-bond donors (Lipinski definition) is 2. The van der Waals surface area contributed by atoms with Gasteiger partial charge in [-0.1, -0.05) is 0 Å². The second kappa shape index (κ2) is 9.27. The van der Waals surface area contributed by atoms with Crippen molar-refractivity contribution in [3.63, 3.8) is 0 Å². The molecule has 0 bridgehead atoms. The molecule has 0 aliphatic carbocycles. The molecule has 8 heteroatoms. The molecule has 1 aliphatic rings. The highest BCUT2D eigenvalue weighted by atomic mass is 32.1. The smallest absolute Gasteiger partial charge is 0.348 e. The van der Waals surface area contributed by atoms with Gasteiger partial charge in [0.25, 0.3) is 0 Å². The molecule has 0 saturated carbocycles. The van der Waals surface area contributed by atoms with Gasteiger partial charge in [-0.2, -0.15) is 0 Å². The molecule has 0 radical (unpaired) electrons. The van der Waals surface area contributed by atoms with E-state index in [9.17, 15) is 4.79 Å². The summed E-state index contributed by atoms with van der Waals surface area (Å²) in [5.74, 6) is -0.307. The SMILES string of the molecule is COC(=O)c1cc2cc(NC(=S)NCCCN3CCOCC3)ccc2s1. The molecule has 2 N–H and O–H groups in total. The lowest BCUT2D eigenvalue weighted by Crippen LogP contribution is -2.38. The molecule has 1 saturated heterocycles. The second-order valence-electron chi connectivity index (χ2n) is 6.04. The van der Waals surface area contributed by atoms with Crippen LogP contribution in [0.5, 0.6) is 0 Å². The molecular formula is C18H23N3O3S2. The van der Waals surface area contributed by atoms with E-state index < -0.39 is 0 Å². The van der Waals surface area contributed by atoms with Crippen molar-refractivity contribution in [3.05, 3.63) is 29.1 Å². The lowest BCUT2D eigenvalue weighted by molar-refractivity contribution is 0.0376. The highest BCUT2D eigenvalue weighted by molar-refractivity contribution is 7.80. The van der Waals surface area contributed by atoms with E-state index in [4.69, 9.17) is 21.7 Å². The fourth-order valence-corrected chi connectivity index (χ4v) is 4.01. The molecular weight excluding hydrogens is 370 g/mol. The molecule has 26 heavy (non-hydrogen) atoms. The number of thiophene rings is 1. The topological polar surface area (TPSA) is 62.8 Å². The highest BCUT2D eigenvalue weighted by Gasteiger charge is 2.11. The van der Waals surface area contributed by atoms with E-state index in [1.54, 1.807) is 0 Å². The Morgan fingerprint density at radius 2 is 2.15 bits per heavy atom. The van der Waals surface area contributed by atoms with Crippen LogP contribution in [0.25, 0.3) is 10.1 Å². The van der Waals surface area contributed by atoms with Gasteiger partial charge < -0.3 is 20.1 Å². The third kappa shape index (κ3) is 5.14. The monoisotopic (exact) mass is 393 g/mol. The maximum Gasteiger partial charge on any atom is 0.348 e. The van der Waals surface area contributed by atoms with Gasteiger partial charge in [-0.3, -0.25) is 4.90 Å². The number of esters is 1. The third-order valence-corrected chi connectivity index (χ3v) is 5.54.